The number of hydrogen-bond donors (Lipinski definition) is 1. The fourth-order valence-corrected chi connectivity index (χ4v) is 2.37. The molecule has 1 heterocycles. The Hall–Kier alpha value is -0.810. The summed E-state index contributed by atoms with van der Waals surface area (Å²) in [4.78, 5) is 4.19. The molecule has 13 heavy (non-hydrogen) atoms. The van der Waals surface area contributed by atoms with Crippen molar-refractivity contribution < 1.29 is 4.74 Å². The summed E-state index contributed by atoms with van der Waals surface area (Å²) in [5, 5.41) is 0.561. The number of nitrogen functional groups attached to an aromatic ring is 1. The fourth-order valence-electron chi connectivity index (χ4n) is 1.16. The van der Waals surface area contributed by atoms with E-state index in [1.165, 1.54) is 11.3 Å². The first-order chi connectivity index (χ1) is 6.22. The minimum Gasteiger partial charge on any atom is -0.493 e. The molecule has 0 aliphatic carbocycles. The summed E-state index contributed by atoms with van der Waals surface area (Å²) in [6.45, 7) is 0. The van der Waals surface area contributed by atoms with Crippen molar-refractivity contribution in [1.29, 1.82) is 0 Å². The summed E-state index contributed by atoms with van der Waals surface area (Å²) in [6.07, 6.45) is 0. The molecule has 0 unspecified atom stereocenters. The lowest BCUT2D eigenvalue weighted by molar-refractivity contribution is 0.416. The maximum absolute atomic E-state index is 5.60. The Morgan fingerprint density at radius 1 is 1.54 bits per heavy atom. The van der Waals surface area contributed by atoms with Gasteiger partial charge in [0.15, 0.2) is 10.9 Å². The SMILES string of the molecule is COc1c(Br)ccc2sc(N)nc12. The van der Waals surface area contributed by atoms with Gasteiger partial charge >= 0.3 is 0 Å². The Bertz CT molecular complexity index is 455. The number of hydrogen-bond acceptors (Lipinski definition) is 4. The quantitative estimate of drug-likeness (QED) is 0.856. The molecule has 0 bridgehead atoms. The highest BCUT2D eigenvalue weighted by Gasteiger charge is 2.09. The van der Waals surface area contributed by atoms with Crippen molar-refractivity contribution >= 4 is 42.6 Å². The Morgan fingerprint density at radius 3 is 3.00 bits per heavy atom. The molecular formula is C8H7BrN2OS. The molecule has 2 N–H and O–H groups in total. The molecule has 0 fully saturated rings. The van der Waals surface area contributed by atoms with Crippen molar-refractivity contribution in [2.45, 2.75) is 0 Å². The van der Waals surface area contributed by atoms with Crippen LogP contribution in [0.1, 0.15) is 0 Å². The fraction of sp³-hybridized carbons (Fsp3) is 0.125. The molecule has 1 aromatic carbocycles. The van der Waals surface area contributed by atoms with Crippen molar-refractivity contribution in [2.24, 2.45) is 0 Å². The monoisotopic (exact) mass is 258 g/mol. The summed E-state index contributed by atoms with van der Waals surface area (Å²) in [6, 6.07) is 3.90. The van der Waals surface area contributed by atoms with E-state index in [1.54, 1.807) is 7.11 Å². The van der Waals surface area contributed by atoms with E-state index in [0.717, 1.165) is 20.4 Å². The lowest BCUT2D eigenvalue weighted by Gasteiger charge is -2.02. The highest BCUT2D eigenvalue weighted by Crippen LogP contribution is 2.36. The van der Waals surface area contributed by atoms with Crippen LogP contribution in [-0.2, 0) is 0 Å². The van der Waals surface area contributed by atoms with Crippen LogP contribution in [-0.4, -0.2) is 12.1 Å². The molecule has 0 saturated heterocycles. The number of anilines is 1. The number of aromatic nitrogens is 1. The van der Waals surface area contributed by atoms with Gasteiger partial charge in [0.05, 0.1) is 16.3 Å². The van der Waals surface area contributed by atoms with E-state index in [9.17, 15) is 0 Å². The highest BCUT2D eigenvalue weighted by molar-refractivity contribution is 9.10. The number of methoxy groups -OCH3 is 1. The van der Waals surface area contributed by atoms with Gasteiger partial charge in [-0.3, -0.25) is 0 Å². The van der Waals surface area contributed by atoms with Gasteiger partial charge in [-0.2, -0.15) is 0 Å². The van der Waals surface area contributed by atoms with Crippen LogP contribution < -0.4 is 10.5 Å². The first-order valence-corrected chi connectivity index (χ1v) is 5.22. The highest BCUT2D eigenvalue weighted by atomic mass is 79.9. The number of thiazole rings is 1. The standard InChI is InChI=1S/C8H7BrN2OS/c1-12-7-4(9)2-3-5-6(7)11-8(10)13-5/h2-3H,1H3,(H2,10,11). The Morgan fingerprint density at radius 2 is 2.31 bits per heavy atom. The van der Waals surface area contributed by atoms with Gasteiger partial charge in [0, 0.05) is 0 Å². The number of benzene rings is 1. The zero-order valence-corrected chi connectivity index (χ0v) is 9.28. The zero-order valence-electron chi connectivity index (χ0n) is 6.87. The van der Waals surface area contributed by atoms with Crippen molar-refractivity contribution in [1.82, 2.24) is 4.98 Å². The van der Waals surface area contributed by atoms with Crippen molar-refractivity contribution in [2.75, 3.05) is 12.8 Å². The summed E-state index contributed by atoms with van der Waals surface area (Å²) in [7, 11) is 1.62. The van der Waals surface area contributed by atoms with Gasteiger partial charge in [-0.25, -0.2) is 4.98 Å². The van der Waals surface area contributed by atoms with Crippen LogP contribution in [0.25, 0.3) is 10.2 Å². The predicted molar refractivity (Wildman–Crippen MR) is 58.3 cm³/mol. The molecule has 0 atom stereocenters. The summed E-state index contributed by atoms with van der Waals surface area (Å²) in [5.41, 5.74) is 6.42. The smallest absolute Gasteiger partial charge is 0.181 e. The van der Waals surface area contributed by atoms with Crippen molar-refractivity contribution in [3.8, 4) is 5.75 Å². The van der Waals surface area contributed by atoms with Crippen LogP contribution in [0.2, 0.25) is 0 Å². The van der Waals surface area contributed by atoms with Gasteiger partial charge in [0.1, 0.15) is 5.52 Å². The topological polar surface area (TPSA) is 48.1 Å². The van der Waals surface area contributed by atoms with Crippen LogP contribution in [0.3, 0.4) is 0 Å². The molecule has 2 aromatic rings. The average Bonchev–Trinajstić information content (AvgIpc) is 2.45. The maximum Gasteiger partial charge on any atom is 0.181 e. The number of rotatable bonds is 1. The molecule has 0 aliphatic rings. The first-order valence-electron chi connectivity index (χ1n) is 3.61. The van der Waals surface area contributed by atoms with Crippen LogP contribution in [0.5, 0.6) is 5.75 Å². The normalized spacial score (nSPS) is 10.6. The zero-order chi connectivity index (χ0) is 9.42. The third kappa shape index (κ3) is 1.38. The van der Waals surface area contributed by atoms with Gasteiger partial charge in [-0.1, -0.05) is 11.3 Å². The molecule has 68 valence electrons. The second kappa shape index (κ2) is 3.16. The van der Waals surface area contributed by atoms with Crippen LogP contribution >= 0.6 is 27.3 Å². The van der Waals surface area contributed by atoms with Gasteiger partial charge < -0.3 is 10.5 Å². The molecule has 2 rings (SSSR count). The molecule has 3 nitrogen and oxygen atoms in total. The van der Waals surface area contributed by atoms with E-state index in [4.69, 9.17) is 10.5 Å². The van der Waals surface area contributed by atoms with Gasteiger partial charge in [-0.15, -0.1) is 0 Å². The molecular weight excluding hydrogens is 252 g/mol. The van der Waals surface area contributed by atoms with Crippen molar-refractivity contribution in [3.05, 3.63) is 16.6 Å². The molecule has 0 aliphatic heterocycles. The second-order valence-electron chi connectivity index (χ2n) is 2.48. The Kier molecular flexibility index (Phi) is 2.13. The number of nitrogens with zero attached hydrogens (tertiary/aromatic N) is 1. The summed E-state index contributed by atoms with van der Waals surface area (Å²) < 4.78 is 7.15. The van der Waals surface area contributed by atoms with Crippen LogP contribution in [0.4, 0.5) is 5.13 Å². The first kappa shape index (κ1) is 8.77. The third-order valence-electron chi connectivity index (χ3n) is 1.69. The van der Waals surface area contributed by atoms with Gasteiger partial charge in [0.25, 0.3) is 0 Å². The van der Waals surface area contributed by atoms with E-state index in [0.29, 0.717) is 5.13 Å². The Labute approximate surface area is 87.7 Å². The molecule has 1 aromatic heterocycles. The molecule has 0 saturated carbocycles. The number of nitrogens with two attached hydrogens (primary N) is 1. The number of ether oxygens (including phenoxy) is 1. The summed E-state index contributed by atoms with van der Waals surface area (Å²) in [5.74, 6) is 0.741. The maximum atomic E-state index is 5.60. The summed E-state index contributed by atoms with van der Waals surface area (Å²) >= 11 is 4.84. The second-order valence-corrected chi connectivity index (χ2v) is 4.40. The van der Waals surface area contributed by atoms with Crippen LogP contribution in [0.15, 0.2) is 16.6 Å². The Balaban J connectivity index is 2.82. The largest absolute Gasteiger partial charge is 0.493 e. The molecule has 0 spiro atoms. The molecule has 0 radical (unpaired) electrons. The number of halogens is 1. The van der Waals surface area contributed by atoms with Gasteiger partial charge in [-0.05, 0) is 28.1 Å². The average molecular weight is 259 g/mol. The van der Waals surface area contributed by atoms with Crippen LogP contribution in [0, 0.1) is 0 Å². The molecule has 0 amide bonds. The van der Waals surface area contributed by atoms with E-state index in [1.807, 2.05) is 12.1 Å². The lowest BCUT2D eigenvalue weighted by Crippen LogP contribution is -1.86. The number of fused-ring (bicyclic) bond motifs is 1. The van der Waals surface area contributed by atoms with E-state index < -0.39 is 0 Å². The predicted octanol–water partition coefficient (Wildman–Crippen LogP) is 2.65. The molecule has 5 heteroatoms. The van der Waals surface area contributed by atoms with Crippen molar-refractivity contribution in [3.63, 3.8) is 0 Å². The minimum absolute atomic E-state index is 0.561. The van der Waals surface area contributed by atoms with E-state index >= 15 is 0 Å². The van der Waals surface area contributed by atoms with E-state index in [2.05, 4.69) is 20.9 Å². The lowest BCUT2D eigenvalue weighted by atomic mass is 10.3. The van der Waals surface area contributed by atoms with E-state index in [-0.39, 0.29) is 0 Å². The van der Waals surface area contributed by atoms with Gasteiger partial charge in [0.2, 0.25) is 0 Å². The third-order valence-corrected chi connectivity index (χ3v) is 3.16. The minimum atomic E-state index is 0.561.